The summed E-state index contributed by atoms with van der Waals surface area (Å²) in [5.41, 5.74) is 6.10. The normalized spacial score (nSPS) is 17.0. The van der Waals surface area contributed by atoms with Crippen LogP contribution in [0.15, 0.2) is 17.0 Å². The Bertz CT molecular complexity index is 616. The molecule has 2 rings (SSSR count). The van der Waals surface area contributed by atoms with Crippen LogP contribution >= 0.6 is 23.2 Å². The van der Waals surface area contributed by atoms with Crippen LogP contribution in [-0.2, 0) is 16.6 Å². The van der Waals surface area contributed by atoms with E-state index in [1.54, 1.807) is 6.07 Å². The van der Waals surface area contributed by atoms with Crippen LogP contribution in [-0.4, -0.2) is 14.5 Å². The molecule has 0 aromatic heterocycles. The molecule has 0 amide bonds. The van der Waals surface area contributed by atoms with Gasteiger partial charge in [-0.25, -0.2) is 13.1 Å². The minimum Gasteiger partial charge on any atom is -0.326 e. The zero-order chi connectivity index (χ0) is 15.6. The molecule has 1 saturated carbocycles. The van der Waals surface area contributed by atoms with Gasteiger partial charge in [0.25, 0.3) is 0 Å². The Morgan fingerprint density at radius 3 is 2.57 bits per heavy atom. The third kappa shape index (κ3) is 4.33. The molecule has 3 N–H and O–H groups in total. The second-order valence-corrected chi connectivity index (χ2v) is 7.98. The predicted octanol–water partition coefficient (Wildman–Crippen LogP) is 3.31. The Morgan fingerprint density at radius 2 is 2.05 bits per heavy atom. The summed E-state index contributed by atoms with van der Waals surface area (Å²) in [5.74, 6) is 0.645. The average Bonchev–Trinajstić information content (AvgIpc) is 3.23. The zero-order valence-electron chi connectivity index (χ0n) is 11.9. The molecular weight excluding hydrogens is 331 g/mol. The Morgan fingerprint density at radius 1 is 1.38 bits per heavy atom. The van der Waals surface area contributed by atoms with E-state index >= 15 is 0 Å². The van der Waals surface area contributed by atoms with Crippen LogP contribution in [0.3, 0.4) is 0 Å². The average molecular weight is 351 g/mol. The van der Waals surface area contributed by atoms with E-state index in [0.717, 1.165) is 12.8 Å². The second-order valence-electron chi connectivity index (χ2n) is 5.49. The molecule has 21 heavy (non-hydrogen) atoms. The van der Waals surface area contributed by atoms with E-state index in [0.29, 0.717) is 16.5 Å². The summed E-state index contributed by atoms with van der Waals surface area (Å²) in [6, 6.07) is 2.89. The van der Waals surface area contributed by atoms with Crippen molar-refractivity contribution >= 4 is 33.2 Å². The topological polar surface area (TPSA) is 72.2 Å². The lowest BCUT2D eigenvalue weighted by atomic mass is 10.1. The fourth-order valence-corrected chi connectivity index (χ4v) is 4.57. The van der Waals surface area contributed by atoms with Crippen LogP contribution in [0, 0.1) is 5.92 Å². The summed E-state index contributed by atoms with van der Waals surface area (Å²) in [6.45, 7) is 2.11. The number of halogens is 2. The highest BCUT2D eigenvalue weighted by Crippen LogP contribution is 2.35. The Balaban J connectivity index is 2.27. The molecule has 0 aliphatic heterocycles. The summed E-state index contributed by atoms with van der Waals surface area (Å²) in [4.78, 5) is 0.00589. The molecule has 118 valence electrons. The maximum absolute atomic E-state index is 12.5. The van der Waals surface area contributed by atoms with E-state index in [9.17, 15) is 8.42 Å². The molecule has 1 atom stereocenters. The van der Waals surface area contributed by atoms with Crippen LogP contribution in [0.25, 0.3) is 0 Å². The van der Waals surface area contributed by atoms with Crippen LogP contribution in [0.2, 0.25) is 10.0 Å². The maximum Gasteiger partial charge on any atom is 0.242 e. The monoisotopic (exact) mass is 350 g/mol. The van der Waals surface area contributed by atoms with E-state index in [1.807, 2.05) is 6.92 Å². The smallest absolute Gasteiger partial charge is 0.242 e. The molecule has 0 bridgehead atoms. The highest BCUT2D eigenvalue weighted by Gasteiger charge is 2.29. The number of sulfonamides is 1. The van der Waals surface area contributed by atoms with Crippen LogP contribution in [0.5, 0.6) is 0 Å². The standard InChI is InChI=1S/C14H20Cl2N2O2S/c1-2-12(5-9-3-4-9)18-21(19,20)13-7-11(15)6-10(8-17)14(13)16/h6-7,9,12,18H,2-5,8,17H2,1H3. The Labute approximate surface area is 136 Å². The Kier molecular flexibility index (Phi) is 5.54. The van der Waals surface area contributed by atoms with E-state index < -0.39 is 10.0 Å². The number of hydrogen-bond donors (Lipinski definition) is 2. The number of rotatable bonds is 7. The molecular formula is C14H20Cl2N2O2S. The van der Waals surface area contributed by atoms with Gasteiger partial charge in [0, 0.05) is 17.6 Å². The summed E-state index contributed by atoms with van der Waals surface area (Å²) >= 11 is 12.1. The molecule has 0 spiro atoms. The van der Waals surface area contributed by atoms with Gasteiger partial charge in [0.05, 0.1) is 5.02 Å². The number of nitrogens with two attached hydrogens (primary N) is 1. The first-order valence-electron chi connectivity index (χ1n) is 7.07. The molecule has 1 aliphatic rings. The highest BCUT2D eigenvalue weighted by atomic mass is 35.5. The van der Waals surface area contributed by atoms with Gasteiger partial charge in [0.1, 0.15) is 4.90 Å². The van der Waals surface area contributed by atoms with Crippen molar-refractivity contribution in [2.75, 3.05) is 0 Å². The van der Waals surface area contributed by atoms with Crippen molar-refractivity contribution in [2.45, 2.75) is 50.1 Å². The molecule has 4 nitrogen and oxygen atoms in total. The lowest BCUT2D eigenvalue weighted by molar-refractivity contribution is 0.495. The summed E-state index contributed by atoms with van der Waals surface area (Å²) in [6.07, 6.45) is 4.00. The van der Waals surface area contributed by atoms with Crippen molar-refractivity contribution < 1.29 is 8.42 Å². The third-order valence-corrected chi connectivity index (χ3v) is 6.04. The van der Waals surface area contributed by atoms with Gasteiger partial charge in [0.2, 0.25) is 10.0 Å². The van der Waals surface area contributed by atoms with Gasteiger partial charge in [-0.2, -0.15) is 0 Å². The Hall–Kier alpha value is -0.330. The summed E-state index contributed by atoms with van der Waals surface area (Å²) < 4.78 is 27.8. The molecule has 1 unspecified atom stereocenters. The fraction of sp³-hybridized carbons (Fsp3) is 0.571. The largest absolute Gasteiger partial charge is 0.326 e. The first kappa shape index (κ1) is 17.0. The predicted molar refractivity (Wildman–Crippen MR) is 86.1 cm³/mol. The van der Waals surface area contributed by atoms with Gasteiger partial charge in [-0.05, 0) is 36.5 Å². The minimum absolute atomic E-state index is 0.00589. The van der Waals surface area contributed by atoms with Crippen molar-refractivity contribution in [3.8, 4) is 0 Å². The molecule has 1 aliphatic carbocycles. The van der Waals surface area contributed by atoms with Gasteiger partial charge in [-0.3, -0.25) is 0 Å². The second kappa shape index (κ2) is 6.84. The highest BCUT2D eigenvalue weighted by molar-refractivity contribution is 7.89. The van der Waals surface area contributed by atoms with Crippen molar-refractivity contribution in [3.63, 3.8) is 0 Å². The number of nitrogens with one attached hydrogen (secondary N) is 1. The van der Waals surface area contributed by atoms with E-state index in [2.05, 4.69) is 4.72 Å². The van der Waals surface area contributed by atoms with E-state index in [1.165, 1.54) is 18.9 Å². The van der Waals surface area contributed by atoms with Crippen LogP contribution in [0.1, 0.15) is 38.2 Å². The van der Waals surface area contributed by atoms with E-state index in [-0.39, 0.29) is 22.5 Å². The SMILES string of the molecule is CCC(CC1CC1)NS(=O)(=O)c1cc(Cl)cc(CN)c1Cl. The molecule has 7 heteroatoms. The van der Waals surface area contributed by atoms with Gasteiger partial charge < -0.3 is 5.73 Å². The molecule has 1 aromatic carbocycles. The molecule has 0 saturated heterocycles. The minimum atomic E-state index is -3.70. The molecule has 0 radical (unpaired) electrons. The maximum atomic E-state index is 12.5. The zero-order valence-corrected chi connectivity index (χ0v) is 14.2. The number of benzene rings is 1. The van der Waals surface area contributed by atoms with Crippen molar-refractivity contribution in [2.24, 2.45) is 11.7 Å². The molecule has 0 heterocycles. The van der Waals surface area contributed by atoms with Crippen molar-refractivity contribution in [1.29, 1.82) is 0 Å². The third-order valence-electron chi connectivity index (χ3n) is 3.72. The fourth-order valence-electron chi connectivity index (χ4n) is 2.30. The van der Waals surface area contributed by atoms with Gasteiger partial charge >= 0.3 is 0 Å². The van der Waals surface area contributed by atoms with Crippen molar-refractivity contribution in [3.05, 3.63) is 27.7 Å². The van der Waals surface area contributed by atoms with Gasteiger partial charge in [0.15, 0.2) is 0 Å². The quantitative estimate of drug-likeness (QED) is 0.792. The van der Waals surface area contributed by atoms with Crippen LogP contribution < -0.4 is 10.5 Å². The molecule has 1 fully saturated rings. The van der Waals surface area contributed by atoms with Gasteiger partial charge in [-0.1, -0.05) is 43.0 Å². The molecule has 1 aromatic rings. The van der Waals surface area contributed by atoms with Crippen molar-refractivity contribution in [1.82, 2.24) is 4.72 Å². The summed E-state index contributed by atoms with van der Waals surface area (Å²) in [5, 5.41) is 0.464. The summed E-state index contributed by atoms with van der Waals surface area (Å²) in [7, 11) is -3.70. The van der Waals surface area contributed by atoms with Gasteiger partial charge in [-0.15, -0.1) is 0 Å². The van der Waals surface area contributed by atoms with E-state index in [4.69, 9.17) is 28.9 Å². The lowest BCUT2D eigenvalue weighted by Gasteiger charge is -2.18. The lowest BCUT2D eigenvalue weighted by Crippen LogP contribution is -2.35. The first-order chi connectivity index (χ1) is 9.87. The van der Waals surface area contributed by atoms with Crippen LogP contribution in [0.4, 0.5) is 0 Å². The number of hydrogen-bond acceptors (Lipinski definition) is 3. The first-order valence-corrected chi connectivity index (χ1v) is 9.31.